The van der Waals surface area contributed by atoms with Gasteiger partial charge >= 0.3 is 147 Å². The Morgan fingerprint density at radius 3 is 0.500 bits per heavy atom. The molecule has 0 saturated carbocycles. The SMILES string of the molecule is [H-].[Na+].[O]=[Al][OH].[O]=[Al][OH].[O]=[Al][OH].[O]=[Al][OH].[O]=[Al][OH]. The quantitative estimate of drug-likeness (QED) is 0.268. The van der Waals surface area contributed by atoms with Crippen LogP contribution < -0.4 is 29.6 Å². The van der Waals surface area contributed by atoms with Crippen LogP contribution in [0.15, 0.2) is 0 Å². The van der Waals surface area contributed by atoms with Gasteiger partial charge in [0.1, 0.15) is 0 Å². The van der Waals surface area contributed by atoms with Crippen LogP contribution in [-0.2, 0) is 19.0 Å². The molecule has 0 spiro atoms. The predicted octanol–water partition coefficient (Wildman–Crippen LogP) is -8.17. The summed E-state index contributed by atoms with van der Waals surface area (Å²) in [6.45, 7) is 0. The molecule has 0 rings (SSSR count). The minimum absolute atomic E-state index is 0. The molecule has 0 fully saturated rings. The number of hydrogen-bond donors (Lipinski definition) is 5. The Morgan fingerprint density at radius 1 is 0.500 bits per heavy atom. The summed E-state index contributed by atoms with van der Waals surface area (Å²) in [5, 5.41) is 0. The summed E-state index contributed by atoms with van der Waals surface area (Å²) in [6.07, 6.45) is 0. The van der Waals surface area contributed by atoms with Crippen molar-refractivity contribution in [3.05, 3.63) is 0 Å². The van der Waals surface area contributed by atoms with Crippen molar-refractivity contribution in [1.29, 1.82) is 0 Å². The Bertz CT molecular complexity index is 97.0. The van der Waals surface area contributed by atoms with Crippen molar-refractivity contribution in [3.63, 3.8) is 0 Å². The van der Waals surface area contributed by atoms with Crippen molar-refractivity contribution in [2.24, 2.45) is 0 Å². The minimum atomic E-state index is -1.50. The molecule has 0 aromatic rings. The zero-order valence-corrected chi connectivity index (χ0v) is 15.9. The molecule has 0 atom stereocenters. The Labute approximate surface area is 146 Å². The molecule has 0 unspecified atom stereocenters. The monoisotopic (exact) mass is 324 g/mol. The van der Waals surface area contributed by atoms with Gasteiger partial charge < -0.3 is 1.43 Å². The maximum atomic E-state index is 8.57. The van der Waals surface area contributed by atoms with Crippen LogP contribution in [-0.4, -0.2) is 98.2 Å². The van der Waals surface area contributed by atoms with Crippen molar-refractivity contribution < 1.29 is 70.8 Å². The molecule has 16 heavy (non-hydrogen) atoms. The second-order valence-electron chi connectivity index (χ2n) is 0.527. The van der Waals surface area contributed by atoms with E-state index in [2.05, 4.69) is 0 Å². The van der Waals surface area contributed by atoms with E-state index in [1.165, 1.54) is 0 Å². The van der Waals surface area contributed by atoms with E-state index in [4.69, 9.17) is 39.8 Å². The summed E-state index contributed by atoms with van der Waals surface area (Å²) in [6, 6.07) is 0. The van der Waals surface area contributed by atoms with Gasteiger partial charge in [0.15, 0.2) is 0 Å². The molecule has 10 nitrogen and oxygen atoms in total. The van der Waals surface area contributed by atoms with Crippen LogP contribution >= 0.6 is 0 Å². The molecule has 0 radical (unpaired) electrons. The van der Waals surface area contributed by atoms with Gasteiger partial charge in [0, 0.05) is 0 Å². The summed E-state index contributed by atoms with van der Waals surface area (Å²) in [5.74, 6) is 0. The van der Waals surface area contributed by atoms with Gasteiger partial charge in [-0.3, -0.25) is 0 Å². The first-order chi connectivity index (χ1) is 7.07. The molecule has 0 aromatic heterocycles. The maximum absolute atomic E-state index is 8.57. The van der Waals surface area contributed by atoms with Crippen LogP contribution in [0.2, 0.25) is 0 Å². The zero-order valence-electron chi connectivity index (χ0n) is 9.16. The molecule has 16 heteroatoms. The molecular formula is H6Al5NaO10. The Hall–Kier alpha value is 1.66. The van der Waals surface area contributed by atoms with Crippen LogP contribution in [0.1, 0.15) is 1.43 Å². The van der Waals surface area contributed by atoms with Crippen molar-refractivity contribution in [1.82, 2.24) is 0 Å². The van der Waals surface area contributed by atoms with E-state index in [1.807, 2.05) is 0 Å². The van der Waals surface area contributed by atoms with E-state index < -0.39 is 77.4 Å². The summed E-state index contributed by atoms with van der Waals surface area (Å²) in [4.78, 5) is 0. The van der Waals surface area contributed by atoms with Gasteiger partial charge in [-0.05, 0) is 0 Å². The molecule has 0 aliphatic carbocycles. The van der Waals surface area contributed by atoms with Gasteiger partial charge in [-0.1, -0.05) is 0 Å². The first kappa shape index (κ1) is 36.1. The summed E-state index contributed by atoms with van der Waals surface area (Å²) in [5.41, 5.74) is 0. The normalized spacial score (nSPS) is 2.50. The van der Waals surface area contributed by atoms with E-state index in [-0.39, 0.29) is 31.0 Å². The fourth-order valence-corrected chi connectivity index (χ4v) is 0. The van der Waals surface area contributed by atoms with Gasteiger partial charge in [-0.2, -0.15) is 0 Å². The van der Waals surface area contributed by atoms with Gasteiger partial charge in [0.05, 0.1) is 0 Å². The van der Waals surface area contributed by atoms with Crippen molar-refractivity contribution in [3.8, 4) is 0 Å². The number of rotatable bonds is 0. The summed E-state index contributed by atoms with van der Waals surface area (Å²) in [7, 11) is 0. The van der Waals surface area contributed by atoms with Gasteiger partial charge in [-0.25, -0.2) is 0 Å². The second kappa shape index (κ2) is 92.1. The van der Waals surface area contributed by atoms with Crippen molar-refractivity contribution in [2.75, 3.05) is 0 Å². The van der Waals surface area contributed by atoms with E-state index in [9.17, 15) is 0 Å². The zero-order chi connectivity index (χ0) is 13.5. The third kappa shape index (κ3) is 1220. The van der Waals surface area contributed by atoms with E-state index in [0.717, 1.165) is 0 Å². The molecule has 0 aromatic carbocycles. The standard InChI is InChI=1S/5Al.Na.5H2O.5O.H/h;;;;;;5*1H2;;;;;;/q6*+1;;;;;;;;;;;-1/p-5. The Kier molecular flexibility index (Phi) is 208. The fourth-order valence-electron chi connectivity index (χ4n) is 0. The molecule has 0 heterocycles. The van der Waals surface area contributed by atoms with E-state index in [1.54, 1.807) is 0 Å². The average Bonchev–Trinajstić information content (AvgIpc) is 2.09. The van der Waals surface area contributed by atoms with Crippen LogP contribution in [0.5, 0.6) is 0 Å². The average molecular weight is 324 g/mol. The molecule has 0 aliphatic heterocycles. The summed E-state index contributed by atoms with van der Waals surface area (Å²) < 4.78 is 78.3. The molecule has 82 valence electrons. The van der Waals surface area contributed by atoms with Gasteiger partial charge in [-0.15, -0.1) is 0 Å². The molecular weight excluding hydrogens is 318 g/mol. The summed E-state index contributed by atoms with van der Waals surface area (Å²) >= 11 is -7.50. The van der Waals surface area contributed by atoms with Crippen LogP contribution in [0.3, 0.4) is 0 Å². The van der Waals surface area contributed by atoms with Crippen LogP contribution in [0.25, 0.3) is 0 Å². The molecule has 0 aliphatic rings. The predicted molar refractivity (Wildman–Crippen MR) is 44.4 cm³/mol. The van der Waals surface area contributed by atoms with Gasteiger partial charge in [0.25, 0.3) is 0 Å². The molecule has 0 amide bonds. The Morgan fingerprint density at radius 2 is 0.500 bits per heavy atom. The second-order valence-corrected chi connectivity index (χ2v) is 1.58. The first-order valence-corrected chi connectivity index (χ1v) is 7.41. The first-order valence-electron chi connectivity index (χ1n) is 2.47. The third-order valence-electron chi connectivity index (χ3n) is 0. The van der Waals surface area contributed by atoms with Gasteiger partial charge in [0.2, 0.25) is 0 Å². The van der Waals surface area contributed by atoms with E-state index in [0.29, 0.717) is 0 Å². The third-order valence-corrected chi connectivity index (χ3v) is 0. The van der Waals surface area contributed by atoms with Crippen molar-refractivity contribution >= 4 is 77.4 Å². The van der Waals surface area contributed by atoms with Crippen LogP contribution in [0.4, 0.5) is 0 Å². The molecule has 0 saturated heterocycles. The molecule has 5 N–H and O–H groups in total. The molecule has 0 bridgehead atoms. The van der Waals surface area contributed by atoms with E-state index >= 15 is 0 Å². The fraction of sp³-hybridized carbons (Fsp3) is 0. The number of hydrogen-bond acceptors (Lipinski definition) is 5. The van der Waals surface area contributed by atoms with Crippen molar-refractivity contribution in [2.45, 2.75) is 0 Å². The topological polar surface area (TPSA) is 186 Å². The van der Waals surface area contributed by atoms with Crippen LogP contribution in [0, 0.1) is 0 Å². The Balaban J connectivity index is -0.0000000143.